The molecule has 1 aromatic heterocycles. The Morgan fingerprint density at radius 1 is 1.44 bits per heavy atom. The van der Waals surface area contributed by atoms with Crippen molar-refractivity contribution in [2.45, 2.75) is 19.6 Å². The lowest BCUT2D eigenvalue weighted by Crippen LogP contribution is -2.19. The van der Waals surface area contributed by atoms with Crippen LogP contribution in [0.5, 0.6) is 0 Å². The summed E-state index contributed by atoms with van der Waals surface area (Å²) in [7, 11) is 0. The van der Waals surface area contributed by atoms with Crippen LogP contribution in [0.4, 0.5) is 0 Å². The van der Waals surface area contributed by atoms with Gasteiger partial charge in [-0.3, -0.25) is 0 Å². The normalized spacial score (nSPS) is 12.3. The Hall–Kier alpha value is -2.21. The van der Waals surface area contributed by atoms with Gasteiger partial charge in [0.05, 0.1) is 0 Å². The number of carboxylic acids is 1. The van der Waals surface area contributed by atoms with E-state index in [4.69, 9.17) is 14.4 Å². The van der Waals surface area contributed by atoms with Crippen LogP contribution in [0.25, 0.3) is 11.4 Å². The van der Waals surface area contributed by atoms with Crippen molar-refractivity contribution >= 4 is 5.97 Å². The second-order valence-corrected chi connectivity index (χ2v) is 3.67. The van der Waals surface area contributed by atoms with Crippen LogP contribution >= 0.6 is 0 Å². The van der Waals surface area contributed by atoms with E-state index in [0.717, 1.165) is 5.56 Å². The molecule has 1 unspecified atom stereocenters. The third kappa shape index (κ3) is 2.92. The lowest BCUT2D eigenvalue weighted by Gasteiger charge is -2.04. The van der Waals surface area contributed by atoms with Crippen molar-refractivity contribution < 1.29 is 19.2 Å². The van der Waals surface area contributed by atoms with E-state index in [0.29, 0.717) is 5.82 Å². The first kappa shape index (κ1) is 12.3. The van der Waals surface area contributed by atoms with Gasteiger partial charge in [-0.25, -0.2) is 4.79 Å². The average Bonchev–Trinajstić information content (AvgIpc) is 2.85. The summed E-state index contributed by atoms with van der Waals surface area (Å²) in [5, 5.41) is 12.4. The maximum Gasteiger partial charge on any atom is 0.332 e. The first-order valence-corrected chi connectivity index (χ1v) is 5.39. The maximum atomic E-state index is 10.6. The summed E-state index contributed by atoms with van der Waals surface area (Å²) in [5.74, 6) is -0.322. The van der Waals surface area contributed by atoms with E-state index in [9.17, 15) is 4.79 Å². The molecular formula is C12H12N2O4. The molecule has 0 fully saturated rings. The molecule has 1 N–H and O–H groups in total. The Balaban J connectivity index is 2.01. The van der Waals surface area contributed by atoms with Gasteiger partial charge < -0.3 is 14.4 Å². The monoisotopic (exact) mass is 248 g/mol. The minimum atomic E-state index is -1.03. The van der Waals surface area contributed by atoms with Crippen molar-refractivity contribution in [3.8, 4) is 11.4 Å². The van der Waals surface area contributed by atoms with Crippen LogP contribution in [-0.2, 0) is 16.1 Å². The van der Waals surface area contributed by atoms with Gasteiger partial charge in [-0.2, -0.15) is 4.98 Å². The van der Waals surface area contributed by atoms with Crippen LogP contribution in [0.2, 0.25) is 0 Å². The van der Waals surface area contributed by atoms with Gasteiger partial charge >= 0.3 is 5.97 Å². The molecule has 6 nitrogen and oxygen atoms in total. The van der Waals surface area contributed by atoms with Crippen LogP contribution in [0.15, 0.2) is 34.9 Å². The van der Waals surface area contributed by atoms with Crippen LogP contribution in [-0.4, -0.2) is 27.3 Å². The zero-order chi connectivity index (χ0) is 13.0. The van der Waals surface area contributed by atoms with Crippen molar-refractivity contribution in [2.24, 2.45) is 0 Å². The van der Waals surface area contributed by atoms with Crippen LogP contribution in [0, 0.1) is 0 Å². The maximum absolute atomic E-state index is 10.6. The fourth-order valence-electron chi connectivity index (χ4n) is 1.29. The van der Waals surface area contributed by atoms with Crippen molar-refractivity contribution in [1.29, 1.82) is 0 Å². The summed E-state index contributed by atoms with van der Waals surface area (Å²) < 4.78 is 10.0. The Morgan fingerprint density at radius 2 is 2.17 bits per heavy atom. The number of benzene rings is 1. The standard InChI is InChI=1S/C12H12N2O4/c1-8(12(15)16)17-7-10-13-11(14-18-10)9-5-3-2-4-6-9/h2-6,8H,7H2,1H3,(H,15,16). The molecule has 94 valence electrons. The van der Waals surface area contributed by atoms with E-state index >= 15 is 0 Å². The number of carboxylic acid groups (broad SMARTS) is 1. The first-order chi connectivity index (χ1) is 8.66. The van der Waals surface area contributed by atoms with E-state index < -0.39 is 12.1 Å². The highest BCUT2D eigenvalue weighted by molar-refractivity contribution is 5.71. The molecule has 0 spiro atoms. The molecule has 2 rings (SSSR count). The molecule has 1 aromatic carbocycles. The van der Waals surface area contributed by atoms with Gasteiger partial charge in [-0.05, 0) is 6.92 Å². The molecule has 0 saturated carbocycles. The SMILES string of the molecule is CC(OCc1nc(-c2ccccc2)no1)C(=O)O. The van der Waals surface area contributed by atoms with E-state index in [1.54, 1.807) is 0 Å². The number of ether oxygens (including phenoxy) is 1. The van der Waals surface area contributed by atoms with Gasteiger partial charge in [0.1, 0.15) is 6.61 Å². The topological polar surface area (TPSA) is 85.5 Å². The summed E-state index contributed by atoms with van der Waals surface area (Å²) in [6, 6.07) is 9.34. The second kappa shape index (κ2) is 5.42. The van der Waals surface area contributed by atoms with Crippen LogP contribution < -0.4 is 0 Å². The van der Waals surface area contributed by atoms with Gasteiger partial charge in [0.2, 0.25) is 5.82 Å². The molecule has 1 heterocycles. The molecule has 0 aliphatic rings. The first-order valence-electron chi connectivity index (χ1n) is 5.39. The number of carbonyl (C=O) groups is 1. The molecule has 0 amide bonds. The zero-order valence-electron chi connectivity index (χ0n) is 9.74. The summed E-state index contributed by atoms with van der Waals surface area (Å²) in [6.07, 6.45) is -0.905. The Labute approximate surface area is 103 Å². The lowest BCUT2D eigenvalue weighted by atomic mass is 10.2. The fourth-order valence-corrected chi connectivity index (χ4v) is 1.29. The highest BCUT2D eigenvalue weighted by Gasteiger charge is 2.14. The highest BCUT2D eigenvalue weighted by atomic mass is 16.5. The Kier molecular flexibility index (Phi) is 3.69. The molecule has 1 atom stereocenters. The number of aromatic nitrogens is 2. The van der Waals surface area contributed by atoms with Crippen LogP contribution in [0.1, 0.15) is 12.8 Å². The molecule has 2 aromatic rings. The van der Waals surface area contributed by atoms with E-state index in [-0.39, 0.29) is 12.5 Å². The van der Waals surface area contributed by atoms with Crippen molar-refractivity contribution in [3.05, 3.63) is 36.2 Å². The average molecular weight is 248 g/mol. The smallest absolute Gasteiger partial charge is 0.332 e. The second-order valence-electron chi connectivity index (χ2n) is 3.67. The number of aliphatic carboxylic acids is 1. The van der Waals surface area contributed by atoms with E-state index in [1.807, 2.05) is 30.3 Å². The van der Waals surface area contributed by atoms with Crippen molar-refractivity contribution in [3.63, 3.8) is 0 Å². The summed E-state index contributed by atoms with van der Waals surface area (Å²) in [4.78, 5) is 14.7. The van der Waals surface area contributed by atoms with Gasteiger partial charge in [0.15, 0.2) is 6.10 Å². The Bertz CT molecular complexity index is 524. The van der Waals surface area contributed by atoms with Gasteiger partial charge in [-0.1, -0.05) is 35.5 Å². The molecule has 0 aliphatic heterocycles. The highest BCUT2D eigenvalue weighted by Crippen LogP contribution is 2.15. The predicted molar refractivity (Wildman–Crippen MR) is 61.6 cm³/mol. The van der Waals surface area contributed by atoms with E-state index in [1.165, 1.54) is 6.92 Å². The van der Waals surface area contributed by atoms with Gasteiger partial charge in [0.25, 0.3) is 5.89 Å². The third-order valence-electron chi connectivity index (χ3n) is 2.30. The van der Waals surface area contributed by atoms with Gasteiger partial charge in [-0.15, -0.1) is 0 Å². The Morgan fingerprint density at radius 3 is 2.83 bits per heavy atom. The predicted octanol–water partition coefficient (Wildman–Crippen LogP) is 1.73. The lowest BCUT2D eigenvalue weighted by molar-refractivity contribution is -0.150. The largest absolute Gasteiger partial charge is 0.479 e. The summed E-state index contributed by atoms with van der Waals surface area (Å²) in [6.45, 7) is 1.42. The number of nitrogens with zero attached hydrogens (tertiary/aromatic N) is 2. The number of hydrogen-bond donors (Lipinski definition) is 1. The van der Waals surface area contributed by atoms with Crippen molar-refractivity contribution in [1.82, 2.24) is 10.1 Å². The quantitative estimate of drug-likeness (QED) is 0.867. The fraction of sp³-hybridized carbons (Fsp3) is 0.250. The number of hydrogen-bond acceptors (Lipinski definition) is 5. The minimum Gasteiger partial charge on any atom is -0.479 e. The molecule has 0 aliphatic carbocycles. The van der Waals surface area contributed by atoms with Gasteiger partial charge in [0, 0.05) is 5.56 Å². The molecule has 0 radical (unpaired) electrons. The summed E-state index contributed by atoms with van der Waals surface area (Å²) in [5.41, 5.74) is 0.832. The van der Waals surface area contributed by atoms with Crippen molar-refractivity contribution in [2.75, 3.05) is 0 Å². The molecular weight excluding hydrogens is 236 g/mol. The molecule has 18 heavy (non-hydrogen) atoms. The number of rotatable bonds is 5. The molecule has 6 heteroatoms. The van der Waals surface area contributed by atoms with Crippen LogP contribution in [0.3, 0.4) is 0 Å². The summed E-state index contributed by atoms with van der Waals surface area (Å²) >= 11 is 0. The van der Waals surface area contributed by atoms with E-state index in [2.05, 4.69) is 10.1 Å². The zero-order valence-corrected chi connectivity index (χ0v) is 9.74. The molecule has 0 saturated heterocycles. The third-order valence-corrected chi connectivity index (χ3v) is 2.30. The molecule has 0 bridgehead atoms. The minimum absolute atomic E-state index is 0.0205.